The normalized spacial score (nSPS) is 16.2. The highest BCUT2D eigenvalue weighted by Crippen LogP contribution is 2.23. The van der Waals surface area contributed by atoms with Gasteiger partial charge < -0.3 is 10.2 Å². The van der Waals surface area contributed by atoms with E-state index in [1.54, 1.807) is 23.3 Å². The molecule has 1 aliphatic heterocycles. The summed E-state index contributed by atoms with van der Waals surface area (Å²) in [6.07, 6.45) is 6.63. The van der Waals surface area contributed by atoms with E-state index in [2.05, 4.69) is 20.6 Å². The molecule has 0 saturated carbocycles. The Labute approximate surface area is 146 Å². The molecule has 1 aliphatic rings. The summed E-state index contributed by atoms with van der Waals surface area (Å²) < 4.78 is 1.63. The summed E-state index contributed by atoms with van der Waals surface area (Å²) >= 11 is 5.93. The van der Waals surface area contributed by atoms with Crippen molar-refractivity contribution in [2.45, 2.75) is 38.3 Å². The second kappa shape index (κ2) is 6.76. The predicted molar refractivity (Wildman–Crippen MR) is 91.8 cm³/mol. The average Bonchev–Trinajstić information content (AvgIpc) is 3.03. The molecule has 1 N–H and O–H groups in total. The van der Waals surface area contributed by atoms with E-state index in [1.807, 2.05) is 30.9 Å². The highest BCUT2D eigenvalue weighted by atomic mass is 35.5. The largest absolute Gasteiger partial charge is 0.366 e. The first-order valence-corrected chi connectivity index (χ1v) is 8.39. The summed E-state index contributed by atoms with van der Waals surface area (Å²) in [6, 6.07) is 4.05. The number of carbonyl (C=O) groups excluding carboxylic acids is 1. The second-order valence-electron chi connectivity index (χ2n) is 6.48. The van der Waals surface area contributed by atoms with Crippen molar-refractivity contribution in [2.75, 3.05) is 18.4 Å². The van der Waals surface area contributed by atoms with E-state index >= 15 is 0 Å². The second-order valence-corrected chi connectivity index (χ2v) is 6.92. The van der Waals surface area contributed by atoms with Gasteiger partial charge in [0.25, 0.3) is 0 Å². The van der Waals surface area contributed by atoms with Gasteiger partial charge in [0, 0.05) is 31.5 Å². The Morgan fingerprint density at radius 1 is 1.38 bits per heavy atom. The summed E-state index contributed by atoms with van der Waals surface area (Å²) in [7, 11) is 0. The molecule has 2 aromatic heterocycles. The molecule has 0 spiro atoms. The molecule has 0 unspecified atom stereocenters. The van der Waals surface area contributed by atoms with Gasteiger partial charge in [-0.2, -0.15) is 10.2 Å². The lowest BCUT2D eigenvalue weighted by Crippen LogP contribution is -2.51. The molecule has 24 heavy (non-hydrogen) atoms. The van der Waals surface area contributed by atoms with E-state index in [0.717, 1.165) is 18.7 Å². The minimum absolute atomic E-state index is 0.0558. The lowest BCUT2D eigenvalue weighted by Gasteiger charge is -2.37. The van der Waals surface area contributed by atoms with Crippen molar-refractivity contribution in [3.05, 3.63) is 35.7 Å². The van der Waals surface area contributed by atoms with Crippen LogP contribution in [0.3, 0.4) is 0 Å². The Bertz CT molecular complexity index is 694. The van der Waals surface area contributed by atoms with Gasteiger partial charge in [0.15, 0.2) is 0 Å². The number of nitrogens with zero attached hydrogens (tertiary/aromatic N) is 5. The van der Waals surface area contributed by atoms with Crippen LogP contribution in [0.1, 0.15) is 26.7 Å². The Kier molecular flexibility index (Phi) is 4.71. The topological polar surface area (TPSA) is 75.9 Å². The molecule has 0 radical (unpaired) electrons. The smallest absolute Gasteiger partial charge is 0.249 e. The number of hydrogen-bond acceptors (Lipinski definition) is 5. The molecule has 1 amide bonds. The molecule has 0 bridgehead atoms. The van der Waals surface area contributed by atoms with Gasteiger partial charge in [0.2, 0.25) is 5.91 Å². The molecule has 3 rings (SSSR count). The number of rotatable bonds is 4. The zero-order valence-corrected chi connectivity index (χ0v) is 14.6. The Morgan fingerprint density at radius 3 is 2.71 bits per heavy atom. The monoisotopic (exact) mass is 348 g/mol. The van der Waals surface area contributed by atoms with Gasteiger partial charge in [-0.25, -0.2) is 0 Å². The van der Waals surface area contributed by atoms with Crippen molar-refractivity contribution in [2.24, 2.45) is 0 Å². The highest BCUT2D eigenvalue weighted by Gasteiger charge is 2.36. The van der Waals surface area contributed by atoms with Crippen LogP contribution in [-0.2, 0) is 10.3 Å². The lowest BCUT2D eigenvalue weighted by molar-refractivity contribution is -0.140. The maximum Gasteiger partial charge on any atom is 0.249 e. The van der Waals surface area contributed by atoms with Gasteiger partial charge in [-0.1, -0.05) is 11.6 Å². The molecule has 8 heteroatoms. The van der Waals surface area contributed by atoms with Crippen molar-refractivity contribution in [3.8, 4) is 0 Å². The van der Waals surface area contributed by atoms with Crippen molar-refractivity contribution in [3.63, 3.8) is 0 Å². The van der Waals surface area contributed by atoms with Crippen LogP contribution in [0.2, 0.25) is 5.02 Å². The van der Waals surface area contributed by atoms with Crippen molar-refractivity contribution < 1.29 is 4.79 Å². The number of halogens is 1. The minimum Gasteiger partial charge on any atom is -0.366 e. The molecular formula is C16H21ClN6O. The first-order chi connectivity index (χ1) is 11.5. The molecule has 2 aromatic rings. The van der Waals surface area contributed by atoms with Crippen LogP contribution in [0, 0.1) is 0 Å². The van der Waals surface area contributed by atoms with Gasteiger partial charge in [-0.15, -0.1) is 5.10 Å². The third-order valence-corrected chi connectivity index (χ3v) is 4.55. The first kappa shape index (κ1) is 16.7. The zero-order valence-electron chi connectivity index (χ0n) is 13.8. The van der Waals surface area contributed by atoms with Gasteiger partial charge in [0.05, 0.1) is 11.2 Å². The maximum atomic E-state index is 12.9. The van der Waals surface area contributed by atoms with Crippen LogP contribution in [0.4, 0.5) is 5.82 Å². The van der Waals surface area contributed by atoms with Gasteiger partial charge in [-0.3, -0.25) is 9.48 Å². The summed E-state index contributed by atoms with van der Waals surface area (Å²) in [4.78, 5) is 14.8. The van der Waals surface area contributed by atoms with E-state index in [-0.39, 0.29) is 5.91 Å². The fourth-order valence-corrected chi connectivity index (χ4v) is 3.04. The molecule has 3 heterocycles. The standard InChI is InChI=1S/C16H21ClN6O/c1-16(2,23-11-12(17)10-19-23)15(24)22-8-5-13(6-9-22)20-14-4-3-7-18-21-14/h3-4,7,10-11,13H,5-6,8-9H2,1-2H3,(H,20,21). The minimum atomic E-state index is -0.752. The molecule has 0 atom stereocenters. The molecule has 1 fully saturated rings. The van der Waals surface area contributed by atoms with E-state index < -0.39 is 5.54 Å². The summed E-state index contributed by atoms with van der Waals surface area (Å²) in [5.41, 5.74) is -0.752. The Balaban J connectivity index is 1.59. The number of hydrogen-bond donors (Lipinski definition) is 1. The molecular weight excluding hydrogens is 328 g/mol. The SMILES string of the molecule is CC(C)(C(=O)N1CCC(Nc2cccnn2)CC1)n1cc(Cl)cn1. The quantitative estimate of drug-likeness (QED) is 0.916. The van der Waals surface area contributed by atoms with E-state index in [4.69, 9.17) is 11.6 Å². The number of amides is 1. The highest BCUT2D eigenvalue weighted by molar-refractivity contribution is 6.30. The number of aromatic nitrogens is 4. The van der Waals surface area contributed by atoms with E-state index in [1.165, 1.54) is 0 Å². The van der Waals surface area contributed by atoms with Crippen molar-refractivity contribution in [1.82, 2.24) is 24.9 Å². The average molecular weight is 349 g/mol. The Hall–Kier alpha value is -2.15. The number of carbonyl (C=O) groups is 1. The number of nitrogens with one attached hydrogen (secondary N) is 1. The molecule has 7 nitrogen and oxygen atoms in total. The maximum absolute atomic E-state index is 12.9. The van der Waals surface area contributed by atoms with E-state index in [0.29, 0.717) is 24.2 Å². The molecule has 128 valence electrons. The fourth-order valence-electron chi connectivity index (χ4n) is 2.91. The van der Waals surface area contributed by atoms with Crippen LogP contribution in [-0.4, -0.2) is 49.9 Å². The van der Waals surface area contributed by atoms with Gasteiger partial charge in [-0.05, 0) is 38.8 Å². The van der Waals surface area contributed by atoms with Gasteiger partial charge in [0.1, 0.15) is 11.4 Å². The number of piperidine rings is 1. The number of anilines is 1. The fraction of sp³-hybridized carbons (Fsp3) is 0.500. The Morgan fingerprint density at radius 2 is 2.12 bits per heavy atom. The van der Waals surface area contributed by atoms with Crippen LogP contribution < -0.4 is 5.32 Å². The third kappa shape index (κ3) is 3.51. The third-order valence-electron chi connectivity index (χ3n) is 4.35. The summed E-state index contributed by atoms with van der Waals surface area (Å²) in [6.45, 7) is 5.13. The van der Waals surface area contributed by atoms with Crippen LogP contribution in [0.25, 0.3) is 0 Å². The molecule has 0 aliphatic carbocycles. The van der Waals surface area contributed by atoms with Crippen LogP contribution in [0.5, 0.6) is 0 Å². The lowest BCUT2D eigenvalue weighted by atomic mass is 9.99. The van der Waals surface area contributed by atoms with E-state index in [9.17, 15) is 4.79 Å². The summed E-state index contributed by atoms with van der Waals surface area (Å²) in [5, 5.41) is 16.0. The first-order valence-electron chi connectivity index (χ1n) is 8.01. The molecule has 1 saturated heterocycles. The predicted octanol–water partition coefficient (Wildman–Crippen LogP) is 2.16. The van der Waals surface area contributed by atoms with Crippen molar-refractivity contribution in [1.29, 1.82) is 0 Å². The summed E-state index contributed by atoms with van der Waals surface area (Å²) in [5.74, 6) is 0.828. The van der Waals surface area contributed by atoms with Crippen LogP contribution in [0.15, 0.2) is 30.7 Å². The zero-order chi connectivity index (χ0) is 17.2. The van der Waals surface area contributed by atoms with Crippen molar-refractivity contribution >= 4 is 23.3 Å². The van der Waals surface area contributed by atoms with Crippen LogP contribution >= 0.6 is 11.6 Å². The van der Waals surface area contributed by atoms with Gasteiger partial charge >= 0.3 is 0 Å². The molecule has 0 aromatic carbocycles. The number of likely N-dealkylation sites (tertiary alicyclic amines) is 1.